The summed E-state index contributed by atoms with van der Waals surface area (Å²) in [5.41, 5.74) is 1.84. The van der Waals surface area contributed by atoms with Crippen molar-refractivity contribution in [3.63, 3.8) is 0 Å². The van der Waals surface area contributed by atoms with Crippen LogP contribution in [-0.4, -0.2) is 14.9 Å². The van der Waals surface area contributed by atoms with E-state index in [0.717, 1.165) is 11.4 Å². The molecule has 16 heavy (non-hydrogen) atoms. The van der Waals surface area contributed by atoms with Gasteiger partial charge in [0.25, 0.3) is 5.56 Å². The molecule has 0 saturated heterocycles. The zero-order valence-corrected chi connectivity index (χ0v) is 9.10. The van der Waals surface area contributed by atoms with Crippen molar-refractivity contribution < 1.29 is 5.11 Å². The van der Waals surface area contributed by atoms with Gasteiger partial charge in [0, 0.05) is 5.69 Å². The monoisotopic (exact) mass is 218 g/mol. The highest BCUT2D eigenvalue weighted by atomic mass is 16.3. The lowest BCUT2D eigenvalue weighted by atomic mass is 10.2. The van der Waals surface area contributed by atoms with E-state index < -0.39 is 0 Å². The lowest BCUT2D eigenvalue weighted by molar-refractivity contribution is 0.279. The van der Waals surface area contributed by atoms with Crippen LogP contribution in [0.1, 0.15) is 18.2 Å². The topological polar surface area (TPSA) is 58.0 Å². The predicted molar refractivity (Wildman–Crippen MR) is 61.7 cm³/mol. The molecule has 1 heterocycles. The first-order chi connectivity index (χ1) is 7.77. The Morgan fingerprint density at radius 1 is 1.31 bits per heavy atom. The van der Waals surface area contributed by atoms with Crippen molar-refractivity contribution in [2.24, 2.45) is 0 Å². The van der Waals surface area contributed by atoms with Gasteiger partial charge in [0.15, 0.2) is 0 Å². The molecule has 0 aliphatic carbocycles. The fourth-order valence-electron chi connectivity index (χ4n) is 1.73. The molecule has 0 fully saturated rings. The number of nitrogens with zero attached hydrogens (tertiary/aromatic N) is 1. The molecular weight excluding hydrogens is 204 g/mol. The van der Waals surface area contributed by atoms with Gasteiger partial charge in [0.1, 0.15) is 0 Å². The van der Waals surface area contributed by atoms with Gasteiger partial charge in [-0.05, 0) is 18.6 Å². The highest BCUT2D eigenvalue weighted by molar-refractivity contribution is 5.32. The average molecular weight is 218 g/mol. The van der Waals surface area contributed by atoms with E-state index in [-0.39, 0.29) is 12.2 Å². The van der Waals surface area contributed by atoms with E-state index in [1.54, 1.807) is 0 Å². The minimum atomic E-state index is -0.224. The number of aromatic amines is 1. The minimum Gasteiger partial charge on any atom is -0.391 e. The minimum absolute atomic E-state index is 0.175. The maximum absolute atomic E-state index is 12.0. The lowest BCUT2D eigenvalue weighted by Gasteiger charge is -1.99. The maximum atomic E-state index is 12.0. The van der Waals surface area contributed by atoms with Crippen LogP contribution in [0.15, 0.2) is 35.1 Å². The molecular formula is C12H14N2O2. The molecule has 1 aromatic carbocycles. The van der Waals surface area contributed by atoms with Crippen molar-refractivity contribution in [1.82, 2.24) is 9.78 Å². The molecule has 2 N–H and O–H groups in total. The Hall–Kier alpha value is -1.81. The number of nitrogens with one attached hydrogen (secondary N) is 1. The van der Waals surface area contributed by atoms with Crippen molar-refractivity contribution in [1.29, 1.82) is 0 Å². The number of aromatic nitrogens is 2. The largest absolute Gasteiger partial charge is 0.391 e. The van der Waals surface area contributed by atoms with Crippen LogP contribution in [0.3, 0.4) is 0 Å². The molecule has 0 atom stereocenters. The van der Waals surface area contributed by atoms with E-state index in [4.69, 9.17) is 5.11 Å². The number of hydrogen-bond donors (Lipinski definition) is 2. The quantitative estimate of drug-likeness (QED) is 0.813. The zero-order chi connectivity index (χ0) is 11.5. The van der Waals surface area contributed by atoms with E-state index in [0.29, 0.717) is 12.0 Å². The van der Waals surface area contributed by atoms with E-state index in [2.05, 4.69) is 5.10 Å². The molecule has 0 amide bonds. The van der Waals surface area contributed by atoms with Crippen molar-refractivity contribution in [2.75, 3.05) is 0 Å². The molecule has 2 rings (SSSR count). The summed E-state index contributed by atoms with van der Waals surface area (Å²) in [7, 11) is 0. The van der Waals surface area contributed by atoms with Gasteiger partial charge in [-0.1, -0.05) is 25.1 Å². The number of aliphatic hydroxyl groups is 1. The number of aryl methyl sites for hydroxylation is 1. The van der Waals surface area contributed by atoms with Gasteiger partial charge in [-0.15, -0.1) is 0 Å². The van der Waals surface area contributed by atoms with Crippen LogP contribution in [0, 0.1) is 0 Å². The number of para-hydroxylation sites is 1. The summed E-state index contributed by atoms with van der Waals surface area (Å²) in [5, 5.41) is 12.2. The van der Waals surface area contributed by atoms with Crippen LogP contribution < -0.4 is 5.56 Å². The predicted octanol–water partition coefficient (Wildman–Crippen LogP) is 1.22. The molecule has 2 aromatic rings. The summed E-state index contributed by atoms with van der Waals surface area (Å²) in [6, 6.07) is 9.32. The zero-order valence-electron chi connectivity index (χ0n) is 9.10. The van der Waals surface area contributed by atoms with Crippen molar-refractivity contribution in [3.05, 3.63) is 51.9 Å². The second-order valence-corrected chi connectivity index (χ2v) is 3.56. The summed E-state index contributed by atoms with van der Waals surface area (Å²) in [5.74, 6) is 0. The maximum Gasteiger partial charge on any atom is 0.277 e. The summed E-state index contributed by atoms with van der Waals surface area (Å²) in [6.45, 7) is 1.72. The summed E-state index contributed by atoms with van der Waals surface area (Å²) in [4.78, 5) is 12.0. The second kappa shape index (κ2) is 4.37. The van der Waals surface area contributed by atoms with E-state index in [1.807, 2.05) is 37.3 Å². The fraction of sp³-hybridized carbons (Fsp3) is 0.250. The van der Waals surface area contributed by atoms with Crippen molar-refractivity contribution >= 4 is 0 Å². The first kappa shape index (κ1) is 10.7. The van der Waals surface area contributed by atoms with Gasteiger partial charge in [-0.3, -0.25) is 9.89 Å². The Morgan fingerprint density at radius 3 is 2.50 bits per heavy atom. The normalized spacial score (nSPS) is 10.6. The lowest BCUT2D eigenvalue weighted by Crippen LogP contribution is -2.17. The Morgan fingerprint density at radius 2 is 2.00 bits per heavy atom. The molecule has 0 spiro atoms. The summed E-state index contributed by atoms with van der Waals surface area (Å²) >= 11 is 0. The molecule has 4 nitrogen and oxygen atoms in total. The van der Waals surface area contributed by atoms with E-state index in [1.165, 1.54) is 4.68 Å². The number of H-pyrrole nitrogens is 1. The van der Waals surface area contributed by atoms with E-state index >= 15 is 0 Å². The first-order valence-corrected chi connectivity index (χ1v) is 5.27. The van der Waals surface area contributed by atoms with Gasteiger partial charge in [-0.2, -0.15) is 0 Å². The smallest absolute Gasteiger partial charge is 0.277 e. The van der Waals surface area contributed by atoms with Crippen molar-refractivity contribution in [3.8, 4) is 5.69 Å². The molecule has 0 saturated carbocycles. The second-order valence-electron chi connectivity index (χ2n) is 3.56. The molecule has 0 radical (unpaired) electrons. The molecule has 0 unspecified atom stereocenters. The molecule has 84 valence electrons. The highest BCUT2D eigenvalue weighted by Gasteiger charge is 2.12. The summed E-state index contributed by atoms with van der Waals surface area (Å²) < 4.78 is 1.46. The Bertz CT molecular complexity index is 526. The van der Waals surface area contributed by atoms with Crippen LogP contribution in [0.4, 0.5) is 0 Å². The molecule has 0 aliphatic heterocycles. The number of rotatable bonds is 3. The standard InChI is InChI=1S/C12H14N2O2/c1-2-11-10(8-15)12(16)14(13-11)9-6-4-3-5-7-9/h3-7,13,15H,2,8H2,1H3. The number of hydrogen-bond acceptors (Lipinski definition) is 2. The van der Waals surface area contributed by atoms with Crippen LogP contribution in [0.5, 0.6) is 0 Å². The number of benzene rings is 1. The highest BCUT2D eigenvalue weighted by Crippen LogP contribution is 2.07. The van der Waals surface area contributed by atoms with Gasteiger partial charge in [-0.25, -0.2) is 4.68 Å². The Labute approximate surface area is 93.1 Å². The SMILES string of the molecule is CCc1[nH]n(-c2ccccc2)c(=O)c1CO. The Kier molecular flexibility index (Phi) is 2.92. The van der Waals surface area contributed by atoms with Crippen molar-refractivity contribution in [2.45, 2.75) is 20.0 Å². The van der Waals surface area contributed by atoms with Gasteiger partial charge >= 0.3 is 0 Å². The van der Waals surface area contributed by atoms with Crippen LogP contribution >= 0.6 is 0 Å². The van der Waals surface area contributed by atoms with Crippen LogP contribution in [0.25, 0.3) is 5.69 Å². The molecule has 4 heteroatoms. The Balaban J connectivity index is 2.59. The van der Waals surface area contributed by atoms with Crippen LogP contribution in [-0.2, 0) is 13.0 Å². The number of aliphatic hydroxyl groups excluding tert-OH is 1. The molecule has 0 bridgehead atoms. The van der Waals surface area contributed by atoms with Crippen LogP contribution in [0.2, 0.25) is 0 Å². The first-order valence-electron chi connectivity index (χ1n) is 5.27. The van der Waals surface area contributed by atoms with Gasteiger partial charge in [0.2, 0.25) is 0 Å². The third-order valence-electron chi connectivity index (χ3n) is 2.60. The summed E-state index contributed by atoms with van der Waals surface area (Å²) in [6.07, 6.45) is 0.699. The third kappa shape index (κ3) is 1.67. The third-order valence-corrected chi connectivity index (χ3v) is 2.60. The fourth-order valence-corrected chi connectivity index (χ4v) is 1.73. The molecule has 1 aromatic heterocycles. The van der Waals surface area contributed by atoms with Gasteiger partial charge in [0.05, 0.1) is 17.9 Å². The van der Waals surface area contributed by atoms with Gasteiger partial charge < -0.3 is 5.11 Å². The molecule has 0 aliphatic rings. The average Bonchev–Trinajstić information content (AvgIpc) is 2.66. The van der Waals surface area contributed by atoms with E-state index in [9.17, 15) is 4.79 Å².